The number of rotatable bonds is 6. The number of halogens is 1. The zero-order valence-corrected chi connectivity index (χ0v) is 15.7. The van der Waals surface area contributed by atoms with Gasteiger partial charge in [-0.2, -0.15) is 10.2 Å². The number of nitrogens with one attached hydrogen (secondary N) is 2. The summed E-state index contributed by atoms with van der Waals surface area (Å²) in [6.45, 7) is 4.65. The summed E-state index contributed by atoms with van der Waals surface area (Å²) in [5, 5.41) is 14.1. The quantitative estimate of drug-likeness (QED) is 0.663. The molecule has 1 aromatic carbocycles. The number of aromatic amines is 1. The van der Waals surface area contributed by atoms with Gasteiger partial charge < -0.3 is 5.32 Å². The van der Waals surface area contributed by atoms with Crippen LogP contribution in [0.1, 0.15) is 41.5 Å². The predicted molar refractivity (Wildman–Crippen MR) is 100.0 cm³/mol. The van der Waals surface area contributed by atoms with Crippen molar-refractivity contribution in [3.63, 3.8) is 0 Å². The average molecular weight is 402 g/mol. The van der Waals surface area contributed by atoms with Crippen molar-refractivity contribution in [3.8, 4) is 5.69 Å². The molecular formula is C18H20BrN5O. The molecule has 0 bridgehead atoms. The van der Waals surface area contributed by atoms with Gasteiger partial charge in [-0.25, -0.2) is 4.68 Å². The van der Waals surface area contributed by atoms with E-state index in [9.17, 15) is 4.79 Å². The Morgan fingerprint density at radius 1 is 1.32 bits per heavy atom. The molecule has 130 valence electrons. The van der Waals surface area contributed by atoms with Crippen LogP contribution in [0.3, 0.4) is 0 Å². The Morgan fingerprint density at radius 2 is 2.08 bits per heavy atom. The smallest absolute Gasteiger partial charge is 0.272 e. The fourth-order valence-corrected chi connectivity index (χ4v) is 3.33. The summed E-state index contributed by atoms with van der Waals surface area (Å²) in [6.07, 6.45) is 4.41. The fraction of sp³-hybridized carbons (Fsp3) is 0.278. The van der Waals surface area contributed by atoms with E-state index in [1.54, 1.807) is 6.20 Å². The lowest BCUT2D eigenvalue weighted by Gasteiger charge is -2.06. The summed E-state index contributed by atoms with van der Waals surface area (Å²) in [5.74, 6) is 0.0971. The highest BCUT2D eigenvalue weighted by Gasteiger charge is 2.18. The van der Waals surface area contributed by atoms with Crippen LogP contribution in [0.25, 0.3) is 5.69 Å². The Morgan fingerprint density at radius 3 is 2.68 bits per heavy atom. The van der Waals surface area contributed by atoms with Gasteiger partial charge in [-0.1, -0.05) is 26.0 Å². The lowest BCUT2D eigenvalue weighted by atomic mass is 10.1. The largest absolute Gasteiger partial charge is 0.350 e. The van der Waals surface area contributed by atoms with Crippen molar-refractivity contribution >= 4 is 21.8 Å². The maximum absolute atomic E-state index is 12.3. The second-order valence-corrected chi connectivity index (χ2v) is 6.87. The van der Waals surface area contributed by atoms with Crippen molar-refractivity contribution in [2.24, 2.45) is 0 Å². The fourth-order valence-electron chi connectivity index (χ4n) is 2.52. The number of amides is 1. The SMILES string of the molecule is CC(C)c1[nH]nc(C(=O)NCCc2ccc(-n3cccn3)cc2)c1Br. The van der Waals surface area contributed by atoms with Gasteiger partial charge in [-0.15, -0.1) is 0 Å². The highest BCUT2D eigenvalue weighted by molar-refractivity contribution is 9.10. The predicted octanol–water partition coefficient (Wildman–Crippen LogP) is 3.45. The summed E-state index contributed by atoms with van der Waals surface area (Å²) in [5.41, 5.74) is 3.50. The van der Waals surface area contributed by atoms with Gasteiger partial charge >= 0.3 is 0 Å². The lowest BCUT2D eigenvalue weighted by molar-refractivity contribution is 0.0948. The number of hydrogen-bond acceptors (Lipinski definition) is 3. The third kappa shape index (κ3) is 3.99. The molecule has 3 aromatic rings. The van der Waals surface area contributed by atoms with E-state index in [0.717, 1.165) is 27.8 Å². The molecule has 0 unspecified atom stereocenters. The monoisotopic (exact) mass is 401 g/mol. The molecule has 0 radical (unpaired) electrons. The molecule has 0 saturated heterocycles. The molecule has 0 saturated carbocycles. The van der Waals surface area contributed by atoms with Crippen LogP contribution in [-0.4, -0.2) is 32.4 Å². The number of carbonyl (C=O) groups excluding carboxylic acids is 1. The standard InChI is InChI=1S/C18H20BrN5O/c1-12(2)16-15(19)17(23-22-16)18(25)20-10-8-13-4-6-14(7-5-13)24-11-3-9-21-24/h3-7,9,11-12H,8,10H2,1-2H3,(H,20,25)(H,22,23). The molecule has 0 spiro atoms. The van der Waals surface area contributed by atoms with Crippen molar-refractivity contribution in [1.29, 1.82) is 0 Å². The molecule has 0 aliphatic rings. The molecule has 0 fully saturated rings. The summed E-state index contributed by atoms with van der Waals surface area (Å²) < 4.78 is 2.55. The molecular weight excluding hydrogens is 382 g/mol. The molecule has 3 rings (SSSR count). The van der Waals surface area contributed by atoms with Crippen LogP contribution < -0.4 is 5.32 Å². The average Bonchev–Trinajstić information content (AvgIpc) is 3.25. The summed E-state index contributed by atoms with van der Waals surface area (Å²) in [7, 11) is 0. The zero-order chi connectivity index (χ0) is 17.8. The Balaban J connectivity index is 1.55. The van der Waals surface area contributed by atoms with Gasteiger partial charge in [0.15, 0.2) is 5.69 Å². The summed E-state index contributed by atoms with van der Waals surface area (Å²) in [6, 6.07) is 10.0. The number of benzene rings is 1. The molecule has 2 heterocycles. The van der Waals surface area contributed by atoms with E-state index in [2.05, 4.69) is 36.5 Å². The number of aromatic nitrogens is 4. The molecule has 0 aliphatic carbocycles. The zero-order valence-electron chi connectivity index (χ0n) is 14.2. The number of hydrogen-bond donors (Lipinski definition) is 2. The Hall–Kier alpha value is -2.41. The van der Waals surface area contributed by atoms with Crippen molar-refractivity contribution in [2.75, 3.05) is 6.54 Å². The first-order valence-electron chi connectivity index (χ1n) is 8.17. The van der Waals surface area contributed by atoms with Gasteiger partial charge in [-0.05, 0) is 52.0 Å². The molecule has 6 nitrogen and oxygen atoms in total. The minimum Gasteiger partial charge on any atom is -0.350 e. The molecule has 0 aliphatic heterocycles. The van der Waals surface area contributed by atoms with Crippen LogP contribution >= 0.6 is 15.9 Å². The Kier molecular flexibility index (Phi) is 5.33. The van der Waals surface area contributed by atoms with Gasteiger partial charge in [0.05, 0.1) is 15.9 Å². The van der Waals surface area contributed by atoms with Crippen molar-refractivity contribution in [1.82, 2.24) is 25.3 Å². The lowest BCUT2D eigenvalue weighted by Crippen LogP contribution is -2.26. The normalized spacial score (nSPS) is 11.0. The molecule has 7 heteroatoms. The number of nitrogens with zero attached hydrogens (tertiary/aromatic N) is 3. The highest BCUT2D eigenvalue weighted by Crippen LogP contribution is 2.25. The number of carbonyl (C=O) groups is 1. The van der Waals surface area contributed by atoms with E-state index in [1.807, 2.05) is 55.1 Å². The van der Waals surface area contributed by atoms with Crippen molar-refractivity contribution in [2.45, 2.75) is 26.2 Å². The molecule has 0 atom stereocenters. The van der Waals surface area contributed by atoms with E-state index in [-0.39, 0.29) is 11.8 Å². The van der Waals surface area contributed by atoms with Crippen LogP contribution in [-0.2, 0) is 6.42 Å². The first-order chi connectivity index (χ1) is 12.1. The second-order valence-electron chi connectivity index (χ2n) is 6.08. The third-order valence-corrected chi connectivity index (χ3v) is 4.73. The van der Waals surface area contributed by atoms with Gasteiger partial charge in [0, 0.05) is 18.9 Å². The van der Waals surface area contributed by atoms with Crippen LogP contribution in [0.15, 0.2) is 47.2 Å². The number of H-pyrrole nitrogens is 1. The first kappa shape index (κ1) is 17.4. The minimum absolute atomic E-state index is 0.178. The van der Waals surface area contributed by atoms with Gasteiger partial charge in [0.25, 0.3) is 5.91 Å². The van der Waals surface area contributed by atoms with Crippen LogP contribution in [0.4, 0.5) is 0 Å². The highest BCUT2D eigenvalue weighted by atomic mass is 79.9. The van der Waals surface area contributed by atoms with Gasteiger partial charge in [-0.3, -0.25) is 9.89 Å². The Labute approximate surface area is 154 Å². The van der Waals surface area contributed by atoms with E-state index in [4.69, 9.17) is 0 Å². The van der Waals surface area contributed by atoms with E-state index in [0.29, 0.717) is 12.2 Å². The molecule has 25 heavy (non-hydrogen) atoms. The van der Waals surface area contributed by atoms with Gasteiger partial charge in [0.1, 0.15) is 0 Å². The van der Waals surface area contributed by atoms with Crippen LogP contribution in [0.2, 0.25) is 0 Å². The molecule has 1 amide bonds. The van der Waals surface area contributed by atoms with Crippen LogP contribution in [0.5, 0.6) is 0 Å². The van der Waals surface area contributed by atoms with Crippen molar-refractivity contribution in [3.05, 3.63) is 64.1 Å². The van der Waals surface area contributed by atoms with E-state index < -0.39 is 0 Å². The minimum atomic E-state index is -0.178. The third-order valence-electron chi connectivity index (χ3n) is 3.93. The summed E-state index contributed by atoms with van der Waals surface area (Å²) in [4.78, 5) is 12.3. The summed E-state index contributed by atoms with van der Waals surface area (Å²) >= 11 is 3.45. The van der Waals surface area contributed by atoms with Crippen LogP contribution in [0, 0.1) is 0 Å². The first-order valence-corrected chi connectivity index (χ1v) is 8.96. The maximum Gasteiger partial charge on any atom is 0.272 e. The van der Waals surface area contributed by atoms with E-state index >= 15 is 0 Å². The Bertz CT molecular complexity index is 837. The van der Waals surface area contributed by atoms with Gasteiger partial charge in [0.2, 0.25) is 0 Å². The van der Waals surface area contributed by atoms with Crippen molar-refractivity contribution < 1.29 is 4.79 Å². The molecule has 2 N–H and O–H groups in total. The van der Waals surface area contributed by atoms with E-state index in [1.165, 1.54) is 0 Å². The topological polar surface area (TPSA) is 75.6 Å². The molecule has 2 aromatic heterocycles. The second kappa shape index (κ2) is 7.65. The maximum atomic E-state index is 12.3.